The Morgan fingerprint density at radius 1 is 1.07 bits per heavy atom. The molecule has 0 aliphatic heterocycles. The molecule has 0 aliphatic rings. The van der Waals surface area contributed by atoms with E-state index in [9.17, 15) is 17.6 Å². The Kier molecular flexibility index (Phi) is 3.07. The fourth-order valence-electron chi connectivity index (χ4n) is 0.988. The summed E-state index contributed by atoms with van der Waals surface area (Å²) in [4.78, 5) is 0. The molecule has 1 aromatic carbocycles. The molecular weight excluding hydrogens is 200 g/mol. The minimum atomic E-state index is -1.87. The molecule has 4 N–H and O–H groups in total. The molecule has 1 aromatic rings. The molecule has 14 heavy (non-hydrogen) atoms. The Hall–Kier alpha value is -1.14. The zero-order valence-electron chi connectivity index (χ0n) is 7.03. The van der Waals surface area contributed by atoms with E-state index in [1.54, 1.807) is 0 Å². The van der Waals surface area contributed by atoms with E-state index in [-0.39, 0.29) is 6.54 Å². The van der Waals surface area contributed by atoms with Crippen molar-refractivity contribution in [3.63, 3.8) is 0 Å². The van der Waals surface area contributed by atoms with Crippen LogP contribution in [0.15, 0.2) is 6.07 Å². The fourth-order valence-corrected chi connectivity index (χ4v) is 0.988. The van der Waals surface area contributed by atoms with Crippen LogP contribution in [0.5, 0.6) is 0 Å². The smallest absolute Gasteiger partial charge is 0.197 e. The SMILES string of the molecule is NC[C@@H](N)c1cc(F)c(F)c(F)c1F. The minimum Gasteiger partial charge on any atom is -0.329 e. The molecule has 1 rings (SSSR count). The zero-order valence-corrected chi connectivity index (χ0v) is 7.03. The molecule has 0 bridgehead atoms. The van der Waals surface area contributed by atoms with Gasteiger partial charge < -0.3 is 11.5 Å². The zero-order chi connectivity index (χ0) is 10.9. The molecule has 6 heteroatoms. The summed E-state index contributed by atoms with van der Waals surface area (Å²) in [7, 11) is 0. The van der Waals surface area contributed by atoms with Gasteiger partial charge in [0.2, 0.25) is 0 Å². The molecule has 0 fully saturated rings. The van der Waals surface area contributed by atoms with Crippen molar-refractivity contribution in [2.45, 2.75) is 6.04 Å². The van der Waals surface area contributed by atoms with Crippen LogP contribution in [-0.2, 0) is 0 Å². The van der Waals surface area contributed by atoms with Crippen LogP contribution in [0.2, 0.25) is 0 Å². The van der Waals surface area contributed by atoms with E-state index in [1.807, 2.05) is 0 Å². The number of hydrogen-bond donors (Lipinski definition) is 2. The third-order valence-electron chi connectivity index (χ3n) is 1.78. The summed E-state index contributed by atoms with van der Waals surface area (Å²) in [5.41, 5.74) is 9.87. The van der Waals surface area contributed by atoms with Gasteiger partial charge in [0, 0.05) is 18.2 Å². The van der Waals surface area contributed by atoms with Crippen molar-refractivity contribution in [1.82, 2.24) is 0 Å². The second kappa shape index (κ2) is 3.93. The van der Waals surface area contributed by atoms with Gasteiger partial charge in [-0.25, -0.2) is 17.6 Å². The highest BCUT2D eigenvalue weighted by molar-refractivity contribution is 5.24. The van der Waals surface area contributed by atoms with Crippen LogP contribution in [0, 0.1) is 23.3 Å². The topological polar surface area (TPSA) is 52.0 Å². The molecule has 0 radical (unpaired) electrons. The monoisotopic (exact) mass is 208 g/mol. The number of nitrogens with two attached hydrogens (primary N) is 2. The van der Waals surface area contributed by atoms with Gasteiger partial charge in [-0.1, -0.05) is 0 Å². The molecule has 78 valence electrons. The third kappa shape index (κ3) is 1.71. The van der Waals surface area contributed by atoms with Gasteiger partial charge >= 0.3 is 0 Å². The van der Waals surface area contributed by atoms with E-state index < -0.39 is 34.9 Å². The Bertz CT molecular complexity index is 354. The van der Waals surface area contributed by atoms with E-state index >= 15 is 0 Å². The van der Waals surface area contributed by atoms with Crippen molar-refractivity contribution in [1.29, 1.82) is 0 Å². The van der Waals surface area contributed by atoms with Crippen molar-refractivity contribution in [2.24, 2.45) is 11.5 Å². The second-order valence-corrected chi connectivity index (χ2v) is 2.73. The second-order valence-electron chi connectivity index (χ2n) is 2.73. The molecule has 0 aliphatic carbocycles. The molecule has 0 heterocycles. The van der Waals surface area contributed by atoms with Gasteiger partial charge in [-0.3, -0.25) is 0 Å². The summed E-state index contributed by atoms with van der Waals surface area (Å²) in [5.74, 6) is -6.70. The van der Waals surface area contributed by atoms with E-state index in [0.29, 0.717) is 6.07 Å². The van der Waals surface area contributed by atoms with Crippen LogP contribution in [0.3, 0.4) is 0 Å². The molecule has 0 aromatic heterocycles. The van der Waals surface area contributed by atoms with Crippen LogP contribution in [0.25, 0.3) is 0 Å². The summed E-state index contributed by atoms with van der Waals surface area (Å²) in [5, 5.41) is 0. The maximum atomic E-state index is 13.0. The Morgan fingerprint density at radius 2 is 1.64 bits per heavy atom. The molecular formula is C8H8F4N2. The average Bonchev–Trinajstić information content (AvgIpc) is 2.19. The molecule has 0 spiro atoms. The number of hydrogen-bond acceptors (Lipinski definition) is 2. The number of halogens is 4. The summed E-state index contributed by atoms with van der Waals surface area (Å²) in [6.45, 7) is -0.193. The predicted octanol–water partition coefficient (Wildman–Crippen LogP) is 1.20. The molecule has 0 saturated heterocycles. The van der Waals surface area contributed by atoms with Crippen LogP contribution < -0.4 is 11.5 Å². The molecule has 2 nitrogen and oxygen atoms in total. The third-order valence-corrected chi connectivity index (χ3v) is 1.78. The lowest BCUT2D eigenvalue weighted by molar-refractivity contribution is 0.400. The summed E-state index contributed by atoms with van der Waals surface area (Å²) in [6, 6.07) is -0.551. The summed E-state index contributed by atoms with van der Waals surface area (Å²) < 4.78 is 50.7. The van der Waals surface area contributed by atoms with E-state index in [0.717, 1.165) is 0 Å². The predicted molar refractivity (Wildman–Crippen MR) is 42.3 cm³/mol. The van der Waals surface area contributed by atoms with Gasteiger partial charge in [0.05, 0.1) is 0 Å². The van der Waals surface area contributed by atoms with Crippen LogP contribution >= 0.6 is 0 Å². The molecule has 0 amide bonds. The van der Waals surface area contributed by atoms with Crippen molar-refractivity contribution < 1.29 is 17.6 Å². The first-order valence-corrected chi connectivity index (χ1v) is 3.77. The molecule has 0 saturated carbocycles. The van der Waals surface area contributed by atoms with Gasteiger partial charge in [-0.15, -0.1) is 0 Å². The highest BCUT2D eigenvalue weighted by atomic mass is 19.2. The van der Waals surface area contributed by atoms with Crippen molar-refractivity contribution in [2.75, 3.05) is 6.54 Å². The molecule has 1 atom stereocenters. The number of benzene rings is 1. The van der Waals surface area contributed by atoms with Gasteiger partial charge in [-0.2, -0.15) is 0 Å². The van der Waals surface area contributed by atoms with E-state index in [4.69, 9.17) is 11.5 Å². The van der Waals surface area contributed by atoms with Gasteiger partial charge in [0.15, 0.2) is 23.3 Å². The van der Waals surface area contributed by atoms with Crippen molar-refractivity contribution >= 4 is 0 Å². The lowest BCUT2D eigenvalue weighted by Gasteiger charge is -2.11. The Morgan fingerprint density at radius 3 is 2.14 bits per heavy atom. The minimum absolute atomic E-state index is 0.193. The first kappa shape index (κ1) is 10.9. The first-order valence-electron chi connectivity index (χ1n) is 3.77. The Labute approximate surface area is 77.5 Å². The molecule has 0 unspecified atom stereocenters. The lowest BCUT2D eigenvalue weighted by atomic mass is 10.1. The summed E-state index contributed by atoms with van der Waals surface area (Å²) >= 11 is 0. The van der Waals surface area contributed by atoms with Gasteiger partial charge in [0.1, 0.15) is 0 Å². The lowest BCUT2D eigenvalue weighted by Crippen LogP contribution is -2.23. The van der Waals surface area contributed by atoms with Crippen LogP contribution in [0.4, 0.5) is 17.6 Å². The maximum Gasteiger partial charge on any atom is 0.197 e. The number of rotatable bonds is 2. The van der Waals surface area contributed by atoms with Crippen molar-refractivity contribution in [3.8, 4) is 0 Å². The quantitative estimate of drug-likeness (QED) is 0.436. The van der Waals surface area contributed by atoms with Gasteiger partial charge in [-0.05, 0) is 6.07 Å². The van der Waals surface area contributed by atoms with Crippen molar-refractivity contribution in [3.05, 3.63) is 34.9 Å². The first-order chi connectivity index (χ1) is 6.49. The highest BCUT2D eigenvalue weighted by Crippen LogP contribution is 2.22. The largest absolute Gasteiger partial charge is 0.329 e. The highest BCUT2D eigenvalue weighted by Gasteiger charge is 2.21. The van der Waals surface area contributed by atoms with Crippen LogP contribution in [0.1, 0.15) is 11.6 Å². The van der Waals surface area contributed by atoms with E-state index in [2.05, 4.69) is 0 Å². The fraction of sp³-hybridized carbons (Fsp3) is 0.250. The normalized spacial score (nSPS) is 13.0. The summed E-state index contributed by atoms with van der Waals surface area (Å²) in [6.07, 6.45) is 0. The Balaban J connectivity index is 3.33. The maximum absolute atomic E-state index is 13.0. The van der Waals surface area contributed by atoms with E-state index in [1.165, 1.54) is 0 Å². The average molecular weight is 208 g/mol. The van der Waals surface area contributed by atoms with Gasteiger partial charge in [0.25, 0.3) is 0 Å². The van der Waals surface area contributed by atoms with Crippen LogP contribution in [-0.4, -0.2) is 6.54 Å². The standard InChI is InChI=1S/C8H8F4N2/c9-4-1-3(5(14)2-13)6(10)8(12)7(4)11/h1,5H,2,13-14H2/t5-/m1/s1.